The highest BCUT2D eigenvalue weighted by Gasteiger charge is 2.11. The number of benzene rings is 2. The first-order valence-corrected chi connectivity index (χ1v) is 9.71. The van der Waals surface area contributed by atoms with Crippen LogP contribution < -0.4 is 16.0 Å². The van der Waals surface area contributed by atoms with Crippen molar-refractivity contribution in [2.45, 2.75) is 6.54 Å². The molecule has 0 radical (unpaired) electrons. The van der Waals surface area contributed by atoms with E-state index in [1.54, 1.807) is 25.4 Å². The summed E-state index contributed by atoms with van der Waals surface area (Å²) in [6.45, 7) is 0.576. The number of nitrogens with one attached hydrogen (secondary N) is 3. The minimum absolute atomic E-state index is 0.175. The number of carbonyl (C=O) groups excluding carboxylic acids is 1. The Kier molecular flexibility index (Phi) is 5.72. The fourth-order valence-electron chi connectivity index (χ4n) is 2.97. The number of para-hydroxylation sites is 1. The molecule has 3 N–H and O–H groups in total. The van der Waals surface area contributed by atoms with Gasteiger partial charge in [-0.1, -0.05) is 35.9 Å². The number of aromatic nitrogens is 3. The van der Waals surface area contributed by atoms with Gasteiger partial charge in [-0.25, -0.2) is 9.97 Å². The molecule has 0 atom stereocenters. The van der Waals surface area contributed by atoms with Gasteiger partial charge in [-0.3, -0.25) is 4.79 Å². The largest absolute Gasteiger partial charge is 0.365 e. The maximum absolute atomic E-state index is 12.3. The van der Waals surface area contributed by atoms with Gasteiger partial charge in [0.15, 0.2) is 0 Å². The first-order valence-electron chi connectivity index (χ1n) is 9.33. The zero-order valence-electron chi connectivity index (χ0n) is 16.2. The van der Waals surface area contributed by atoms with Crippen molar-refractivity contribution in [3.05, 3.63) is 83.1 Å². The summed E-state index contributed by atoms with van der Waals surface area (Å²) in [5.74, 6) is 1.02. The first kappa shape index (κ1) is 19.6. The van der Waals surface area contributed by atoms with Crippen LogP contribution in [0.1, 0.15) is 15.9 Å². The minimum atomic E-state index is -0.300. The highest BCUT2D eigenvalue weighted by atomic mass is 35.5. The average molecular weight is 419 g/mol. The van der Waals surface area contributed by atoms with E-state index in [1.807, 2.05) is 48.5 Å². The fraction of sp³-hybridized carbons (Fsp3) is 0.0909. The van der Waals surface area contributed by atoms with E-state index in [0.717, 1.165) is 22.3 Å². The van der Waals surface area contributed by atoms with Crippen molar-refractivity contribution in [2.75, 3.05) is 23.0 Å². The molecule has 30 heavy (non-hydrogen) atoms. The van der Waals surface area contributed by atoms with Crippen molar-refractivity contribution in [1.29, 1.82) is 0 Å². The lowest BCUT2D eigenvalue weighted by molar-refractivity contribution is 0.102. The van der Waals surface area contributed by atoms with Crippen LogP contribution in [0.15, 0.2) is 66.9 Å². The molecule has 7 nitrogen and oxygen atoms in total. The highest BCUT2D eigenvalue weighted by molar-refractivity contribution is 6.33. The van der Waals surface area contributed by atoms with Crippen molar-refractivity contribution in [2.24, 2.45) is 0 Å². The molecule has 0 saturated carbocycles. The van der Waals surface area contributed by atoms with Crippen molar-refractivity contribution >= 4 is 45.9 Å². The van der Waals surface area contributed by atoms with Gasteiger partial charge < -0.3 is 16.0 Å². The van der Waals surface area contributed by atoms with Crippen LogP contribution >= 0.6 is 11.6 Å². The van der Waals surface area contributed by atoms with Crippen LogP contribution in [-0.2, 0) is 6.54 Å². The summed E-state index contributed by atoms with van der Waals surface area (Å²) in [5, 5.41) is 10.3. The van der Waals surface area contributed by atoms with E-state index in [2.05, 4.69) is 30.9 Å². The van der Waals surface area contributed by atoms with Crippen molar-refractivity contribution in [3.8, 4) is 0 Å². The maximum atomic E-state index is 12.3. The lowest BCUT2D eigenvalue weighted by atomic mass is 10.2. The van der Waals surface area contributed by atoms with Crippen molar-refractivity contribution in [3.63, 3.8) is 0 Å². The Morgan fingerprint density at radius 2 is 1.80 bits per heavy atom. The number of amides is 1. The van der Waals surface area contributed by atoms with Crippen LogP contribution in [0.5, 0.6) is 0 Å². The third-order valence-electron chi connectivity index (χ3n) is 4.50. The molecule has 0 aliphatic rings. The van der Waals surface area contributed by atoms with Crippen molar-refractivity contribution < 1.29 is 4.79 Å². The molecule has 0 fully saturated rings. The molecule has 0 bridgehead atoms. The van der Waals surface area contributed by atoms with Gasteiger partial charge in [0.25, 0.3) is 5.91 Å². The van der Waals surface area contributed by atoms with Gasteiger partial charge in [0.1, 0.15) is 11.0 Å². The van der Waals surface area contributed by atoms with Crippen LogP contribution in [0.3, 0.4) is 0 Å². The topological polar surface area (TPSA) is 91.8 Å². The molecule has 0 unspecified atom stereocenters. The third-order valence-corrected chi connectivity index (χ3v) is 4.80. The zero-order chi connectivity index (χ0) is 20.9. The molecule has 8 heteroatoms. The number of halogens is 1. The van der Waals surface area contributed by atoms with Crippen LogP contribution in [0.4, 0.5) is 17.5 Å². The molecule has 0 aliphatic carbocycles. The van der Waals surface area contributed by atoms with Gasteiger partial charge in [-0.05, 0) is 42.0 Å². The normalized spacial score (nSPS) is 10.6. The second kappa shape index (κ2) is 8.75. The van der Waals surface area contributed by atoms with Crippen molar-refractivity contribution in [1.82, 2.24) is 15.0 Å². The van der Waals surface area contributed by atoms with E-state index < -0.39 is 0 Å². The molecule has 2 aromatic carbocycles. The number of hydrogen-bond donors (Lipinski definition) is 3. The zero-order valence-corrected chi connectivity index (χ0v) is 16.9. The second-order valence-electron chi connectivity index (χ2n) is 6.51. The second-order valence-corrected chi connectivity index (χ2v) is 6.87. The van der Waals surface area contributed by atoms with Crippen LogP contribution in [0.2, 0.25) is 5.15 Å². The number of rotatable bonds is 6. The van der Waals surface area contributed by atoms with E-state index in [0.29, 0.717) is 23.7 Å². The minimum Gasteiger partial charge on any atom is -0.365 e. The number of nitrogens with zero attached hydrogens (tertiary/aromatic N) is 3. The molecular weight excluding hydrogens is 400 g/mol. The molecule has 2 heterocycles. The van der Waals surface area contributed by atoms with Gasteiger partial charge in [-0.15, -0.1) is 0 Å². The van der Waals surface area contributed by atoms with Gasteiger partial charge in [0, 0.05) is 30.9 Å². The number of anilines is 3. The Labute approximate surface area is 178 Å². The Morgan fingerprint density at radius 3 is 2.57 bits per heavy atom. The Morgan fingerprint density at radius 1 is 1.00 bits per heavy atom. The Bertz CT molecular complexity index is 1200. The predicted molar refractivity (Wildman–Crippen MR) is 120 cm³/mol. The third kappa shape index (κ3) is 4.31. The van der Waals surface area contributed by atoms with Crippen LogP contribution in [-0.4, -0.2) is 27.9 Å². The Balaban J connectivity index is 1.45. The molecular formula is C22H19ClN6O. The summed E-state index contributed by atoms with van der Waals surface area (Å²) in [7, 11) is 1.79. The quantitative estimate of drug-likeness (QED) is 0.397. The summed E-state index contributed by atoms with van der Waals surface area (Å²) in [5.41, 5.74) is 2.92. The standard InChI is InChI=1S/C22H19ClN6O/c1-24-22-28-18-7-3-2-5-16(18)20(29-22)26-13-14-8-10-15(11-9-14)27-21(30)17-6-4-12-25-19(17)23/h2-12H,13H2,1H3,(H,27,30)(H2,24,26,28,29). The molecule has 0 saturated heterocycles. The summed E-state index contributed by atoms with van der Waals surface area (Å²) < 4.78 is 0. The number of carbonyl (C=O) groups is 1. The summed E-state index contributed by atoms with van der Waals surface area (Å²) in [6.07, 6.45) is 1.54. The van der Waals surface area contributed by atoms with E-state index in [4.69, 9.17) is 11.6 Å². The lowest BCUT2D eigenvalue weighted by Gasteiger charge is -2.11. The molecule has 2 aromatic heterocycles. The van der Waals surface area contributed by atoms with E-state index in [-0.39, 0.29) is 11.1 Å². The van der Waals surface area contributed by atoms with Gasteiger partial charge >= 0.3 is 0 Å². The Hall–Kier alpha value is -3.71. The van der Waals surface area contributed by atoms with E-state index in [9.17, 15) is 4.79 Å². The van der Waals surface area contributed by atoms with E-state index in [1.165, 1.54) is 0 Å². The highest BCUT2D eigenvalue weighted by Crippen LogP contribution is 2.22. The molecule has 0 spiro atoms. The monoisotopic (exact) mass is 418 g/mol. The van der Waals surface area contributed by atoms with Gasteiger partial charge in [0.05, 0.1) is 11.1 Å². The van der Waals surface area contributed by atoms with Crippen LogP contribution in [0.25, 0.3) is 10.9 Å². The maximum Gasteiger partial charge on any atom is 0.258 e. The first-order chi connectivity index (χ1) is 14.6. The summed E-state index contributed by atoms with van der Waals surface area (Å²) >= 11 is 5.98. The smallest absolute Gasteiger partial charge is 0.258 e. The summed E-state index contributed by atoms with van der Waals surface area (Å²) in [4.78, 5) is 25.3. The number of pyridine rings is 1. The number of fused-ring (bicyclic) bond motifs is 1. The molecule has 1 amide bonds. The molecule has 0 aliphatic heterocycles. The van der Waals surface area contributed by atoms with E-state index >= 15 is 0 Å². The summed E-state index contributed by atoms with van der Waals surface area (Å²) in [6, 6.07) is 18.7. The van der Waals surface area contributed by atoms with Gasteiger partial charge in [0.2, 0.25) is 5.95 Å². The van der Waals surface area contributed by atoms with Gasteiger partial charge in [-0.2, -0.15) is 4.98 Å². The molecule has 150 valence electrons. The average Bonchev–Trinajstić information content (AvgIpc) is 2.78. The molecule has 4 aromatic rings. The predicted octanol–water partition coefficient (Wildman–Crippen LogP) is 4.58. The van der Waals surface area contributed by atoms with Crippen LogP contribution in [0, 0.1) is 0 Å². The lowest BCUT2D eigenvalue weighted by Crippen LogP contribution is -2.13. The fourth-order valence-corrected chi connectivity index (χ4v) is 3.17. The molecule has 4 rings (SSSR count). The SMILES string of the molecule is CNc1nc(NCc2ccc(NC(=O)c3cccnc3Cl)cc2)c2ccccc2n1. The number of hydrogen-bond acceptors (Lipinski definition) is 6.